The first-order valence-electron chi connectivity index (χ1n) is 4.55. The largest absolute Gasteiger partial charge is 0.504 e. The Morgan fingerprint density at radius 3 is 1.94 bits per heavy atom. The fraction of sp³-hybridized carbons (Fsp3) is 0. The van der Waals surface area contributed by atoms with Gasteiger partial charge in [-0.25, -0.2) is 0 Å². The van der Waals surface area contributed by atoms with Crippen molar-refractivity contribution in [2.75, 3.05) is 0 Å². The first-order chi connectivity index (χ1) is 7.58. The highest BCUT2D eigenvalue weighted by atomic mass is 35.5. The third-order valence-corrected chi connectivity index (χ3v) is 2.97. The van der Waals surface area contributed by atoms with Crippen LogP contribution in [0.5, 0.6) is 11.5 Å². The summed E-state index contributed by atoms with van der Waals surface area (Å²) in [6.45, 7) is 0. The van der Waals surface area contributed by atoms with Crippen LogP contribution in [0.1, 0.15) is 0 Å². The number of rotatable bonds is 1. The van der Waals surface area contributed by atoms with Crippen molar-refractivity contribution < 1.29 is 10.2 Å². The highest BCUT2D eigenvalue weighted by molar-refractivity contribution is 6.42. The van der Waals surface area contributed by atoms with E-state index in [-0.39, 0.29) is 11.5 Å². The molecule has 0 amide bonds. The standard InChI is InChI=1S/C12H8Cl2O2/c13-9-3-1-7(5-10(9)14)8-2-4-11(15)12(16)6-8/h1-6,15-16H. The van der Waals surface area contributed by atoms with Gasteiger partial charge in [0.1, 0.15) is 0 Å². The lowest BCUT2D eigenvalue weighted by Gasteiger charge is -2.05. The molecule has 16 heavy (non-hydrogen) atoms. The monoisotopic (exact) mass is 254 g/mol. The van der Waals surface area contributed by atoms with Crippen LogP contribution in [0.15, 0.2) is 36.4 Å². The molecule has 0 heterocycles. The zero-order valence-electron chi connectivity index (χ0n) is 8.11. The fourth-order valence-corrected chi connectivity index (χ4v) is 1.68. The van der Waals surface area contributed by atoms with Crippen LogP contribution < -0.4 is 0 Å². The Kier molecular flexibility index (Phi) is 2.95. The Hall–Kier alpha value is -1.38. The number of phenolic OH excluding ortho intramolecular Hbond substituents is 2. The Bertz CT molecular complexity index is 489. The van der Waals surface area contributed by atoms with Gasteiger partial charge in [-0.3, -0.25) is 0 Å². The molecule has 0 atom stereocenters. The molecular formula is C12H8Cl2O2. The third kappa shape index (κ3) is 2.08. The molecule has 0 saturated carbocycles. The number of hydrogen-bond acceptors (Lipinski definition) is 2. The second kappa shape index (κ2) is 4.24. The number of halogens is 2. The van der Waals surface area contributed by atoms with E-state index in [9.17, 15) is 10.2 Å². The summed E-state index contributed by atoms with van der Waals surface area (Å²) in [6, 6.07) is 9.76. The summed E-state index contributed by atoms with van der Waals surface area (Å²) in [7, 11) is 0. The number of benzene rings is 2. The van der Waals surface area contributed by atoms with E-state index in [0.29, 0.717) is 10.0 Å². The molecule has 2 aromatic carbocycles. The van der Waals surface area contributed by atoms with Crippen molar-refractivity contribution in [3.05, 3.63) is 46.4 Å². The molecule has 0 unspecified atom stereocenters. The summed E-state index contributed by atoms with van der Waals surface area (Å²) in [4.78, 5) is 0. The predicted octanol–water partition coefficient (Wildman–Crippen LogP) is 4.07. The van der Waals surface area contributed by atoms with E-state index in [1.54, 1.807) is 24.3 Å². The highest BCUT2D eigenvalue weighted by Crippen LogP contribution is 2.33. The van der Waals surface area contributed by atoms with Crippen molar-refractivity contribution in [2.45, 2.75) is 0 Å². The molecular weight excluding hydrogens is 247 g/mol. The van der Waals surface area contributed by atoms with Crippen LogP contribution in [0.25, 0.3) is 11.1 Å². The molecule has 2 aromatic rings. The summed E-state index contributed by atoms with van der Waals surface area (Å²) in [5.41, 5.74) is 1.58. The van der Waals surface area contributed by atoms with Gasteiger partial charge in [-0.15, -0.1) is 0 Å². The Labute approximate surface area is 103 Å². The van der Waals surface area contributed by atoms with Gasteiger partial charge in [0.25, 0.3) is 0 Å². The first-order valence-corrected chi connectivity index (χ1v) is 5.31. The van der Waals surface area contributed by atoms with E-state index in [4.69, 9.17) is 23.2 Å². The minimum Gasteiger partial charge on any atom is -0.504 e. The molecule has 4 heteroatoms. The van der Waals surface area contributed by atoms with Crippen LogP contribution in [0.4, 0.5) is 0 Å². The zero-order valence-corrected chi connectivity index (χ0v) is 9.63. The molecule has 0 fully saturated rings. The minimum absolute atomic E-state index is 0.149. The van der Waals surface area contributed by atoms with Gasteiger partial charge in [-0.2, -0.15) is 0 Å². The van der Waals surface area contributed by atoms with Crippen LogP contribution in [-0.2, 0) is 0 Å². The van der Waals surface area contributed by atoms with E-state index in [0.717, 1.165) is 11.1 Å². The van der Waals surface area contributed by atoms with Crippen LogP contribution in [0, 0.1) is 0 Å². The van der Waals surface area contributed by atoms with E-state index in [1.165, 1.54) is 12.1 Å². The highest BCUT2D eigenvalue weighted by Gasteiger charge is 2.05. The fourth-order valence-electron chi connectivity index (χ4n) is 1.38. The molecule has 0 saturated heterocycles. The summed E-state index contributed by atoms with van der Waals surface area (Å²) in [5.74, 6) is -0.313. The van der Waals surface area contributed by atoms with Gasteiger partial charge in [-0.05, 0) is 35.4 Å². The minimum atomic E-state index is -0.163. The van der Waals surface area contributed by atoms with Crippen LogP contribution in [0.3, 0.4) is 0 Å². The Morgan fingerprint density at radius 2 is 1.31 bits per heavy atom. The van der Waals surface area contributed by atoms with Gasteiger partial charge in [0.2, 0.25) is 0 Å². The van der Waals surface area contributed by atoms with Crippen LogP contribution >= 0.6 is 23.2 Å². The molecule has 0 radical (unpaired) electrons. The molecule has 0 aliphatic heterocycles. The lowest BCUT2D eigenvalue weighted by molar-refractivity contribution is 0.404. The van der Waals surface area contributed by atoms with Gasteiger partial charge < -0.3 is 10.2 Å². The van der Waals surface area contributed by atoms with Crippen LogP contribution in [0.2, 0.25) is 10.0 Å². The van der Waals surface area contributed by atoms with Crippen molar-refractivity contribution in [3.8, 4) is 22.6 Å². The van der Waals surface area contributed by atoms with Crippen molar-refractivity contribution in [3.63, 3.8) is 0 Å². The van der Waals surface area contributed by atoms with E-state index >= 15 is 0 Å². The Balaban J connectivity index is 2.50. The molecule has 0 aliphatic carbocycles. The maximum absolute atomic E-state index is 9.38. The van der Waals surface area contributed by atoms with Crippen molar-refractivity contribution in [1.29, 1.82) is 0 Å². The molecule has 0 aliphatic rings. The summed E-state index contributed by atoms with van der Waals surface area (Å²) in [6.07, 6.45) is 0. The lowest BCUT2D eigenvalue weighted by atomic mass is 10.1. The quantitative estimate of drug-likeness (QED) is 0.754. The van der Waals surface area contributed by atoms with Gasteiger partial charge in [0.05, 0.1) is 10.0 Å². The molecule has 0 bridgehead atoms. The third-order valence-electron chi connectivity index (χ3n) is 2.23. The van der Waals surface area contributed by atoms with Crippen molar-refractivity contribution in [1.82, 2.24) is 0 Å². The van der Waals surface area contributed by atoms with Gasteiger partial charge >= 0.3 is 0 Å². The average Bonchev–Trinajstić information content (AvgIpc) is 2.26. The second-order valence-corrected chi connectivity index (χ2v) is 4.15. The maximum atomic E-state index is 9.38. The summed E-state index contributed by atoms with van der Waals surface area (Å²) < 4.78 is 0. The van der Waals surface area contributed by atoms with Gasteiger partial charge in [0, 0.05) is 0 Å². The predicted molar refractivity (Wildman–Crippen MR) is 65.2 cm³/mol. The topological polar surface area (TPSA) is 40.5 Å². The summed E-state index contributed by atoms with van der Waals surface area (Å²) in [5, 5.41) is 19.5. The lowest BCUT2D eigenvalue weighted by Crippen LogP contribution is -1.79. The Morgan fingerprint density at radius 1 is 0.688 bits per heavy atom. The number of aromatic hydroxyl groups is 2. The van der Waals surface area contributed by atoms with E-state index < -0.39 is 0 Å². The number of hydrogen-bond donors (Lipinski definition) is 2. The summed E-state index contributed by atoms with van der Waals surface area (Å²) >= 11 is 11.7. The average molecular weight is 255 g/mol. The maximum Gasteiger partial charge on any atom is 0.158 e. The SMILES string of the molecule is Oc1ccc(-c2ccc(Cl)c(Cl)c2)cc1O. The molecule has 0 aromatic heterocycles. The molecule has 82 valence electrons. The number of phenols is 2. The van der Waals surface area contributed by atoms with Crippen molar-refractivity contribution in [2.24, 2.45) is 0 Å². The van der Waals surface area contributed by atoms with Crippen LogP contribution in [-0.4, -0.2) is 10.2 Å². The zero-order chi connectivity index (χ0) is 11.7. The van der Waals surface area contributed by atoms with Gasteiger partial charge in [-0.1, -0.05) is 35.3 Å². The first kappa shape index (κ1) is 11.1. The normalized spacial score (nSPS) is 10.4. The van der Waals surface area contributed by atoms with E-state index in [2.05, 4.69) is 0 Å². The molecule has 2 nitrogen and oxygen atoms in total. The molecule has 0 spiro atoms. The molecule has 2 N–H and O–H groups in total. The van der Waals surface area contributed by atoms with E-state index in [1.807, 2.05) is 0 Å². The van der Waals surface area contributed by atoms with Gasteiger partial charge in [0.15, 0.2) is 11.5 Å². The molecule has 2 rings (SSSR count). The van der Waals surface area contributed by atoms with Crippen molar-refractivity contribution >= 4 is 23.2 Å². The smallest absolute Gasteiger partial charge is 0.158 e. The second-order valence-electron chi connectivity index (χ2n) is 3.33.